The number of phenols is 1. The van der Waals surface area contributed by atoms with Gasteiger partial charge in [-0.15, -0.1) is 0 Å². The van der Waals surface area contributed by atoms with Crippen molar-refractivity contribution in [2.24, 2.45) is 0 Å². The first-order valence-corrected chi connectivity index (χ1v) is 5.57. The summed E-state index contributed by atoms with van der Waals surface area (Å²) in [7, 11) is 0. The summed E-state index contributed by atoms with van der Waals surface area (Å²) in [5, 5.41) is 9.30. The van der Waals surface area contributed by atoms with Crippen LogP contribution in [0, 0.1) is 0 Å². The number of likely N-dealkylation sites (N-methyl/N-ethyl adjacent to an activating group) is 1. The molecule has 1 rings (SSSR count). The third-order valence-electron chi connectivity index (χ3n) is 2.25. The largest absolute Gasteiger partial charge is 0.508 e. The summed E-state index contributed by atoms with van der Waals surface area (Å²) in [5.41, 5.74) is 0.406. The second-order valence-corrected chi connectivity index (χ2v) is 3.77. The number of rotatable bonds is 5. The van der Waals surface area contributed by atoms with Gasteiger partial charge in [0.1, 0.15) is 19.0 Å². The lowest BCUT2D eigenvalue weighted by atomic mass is 10.2. The van der Waals surface area contributed by atoms with Gasteiger partial charge in [-0.05, 0) is 19.1 Å². The number of alkyl halides is 3. The van der Waals surface area contributed by atoms with Crippen LogP contribution in [0.25, 0.3) is 0 Å². The van der Waals surface area contributed by atoms with Crippen LogP contribution in [0.3, 0.4) is 0 Å². The monoisotopic (exact) mass is 277 g/mol. The van der Waals surface area contributed by atoms with Crippen molar-refractivity contribution in [2.45, 2.75) is 13.1 Å². The van der Waals surface area contributed by atoms with E-state index in [9.17, 15) is 23.1 Å². The maximum atomic E-state index is 11.9. The smallest absolute Gasteiger partial charge is 0.411 e. The minimum absolute atomic E-state index is 0.0278. The number of carbonyl (C=O) groups excluding carboxylic acids is 1. The summed E-state index contributed by atoms with van der Waals surface area (Å²) in [6.07, 6.45) is -4.46. The third kappa shape index (κ3) is 5.17. The lowest BCUT2D eigenvalue weighted by molar-refractivity contribution is -0.175. The molecule has 0 heterocycles. The van der Waals surface area contributed by atoms with Gasteiger partial charge in [-0.2, -0.15) is 13.2 Å². The van der Waals surface area contributed by atoms with Crippen LogP contribution in [-0.4, -0.2) is 36.9 Å². The summed E-state index contributed by atoms with van der Waals surface area (Å²) in [4.78, 5) is 13.0. The fourth-order valence-corrected chi connectivity index (χ4v) is 1.50. The Bertz CT molecular complexity index is 434. The molecule has 0 aliphatic carbocycles. The summed E-state index contributed by atoms with van der Waals surface area (Å²) in [5.74, 6) is -0.627. The van der Waals surface area contributed by atoms with Gasteiger partial charge in [0, 0.05) is 18.3 Å². The molecule has 19 heavy (non-hydrogen) atoms. The summed E-state index contributed by atoms with van der Waals surface area (Å²) >= 11 is 0. The van der Waals surface area contributed by atoms with Crippen molar-refractivity contribution in [2.75, 3.05) is 24.7 Å². The van der Waals surface area contributed by atoms with E-state index in [0.29, 0.717) is 5.69 Å². The summed E-state index contributed by atoms with van der Waals surface area (Å²) in [6.45, 7) is -0.192. The quantitative estimate of drug-likeness (QED) is 0.898. The number of ether oxygens (including phenoxy) is 1. The average molecular weight is 277 g/mol. The average Bonchev–Trinajstić information content (AvgIpc) is 2.28. The van der Waals surface area contributed by atoms with Crippen LogP contribution in [0.1, 0.15) is 6.92 Å². The SMILES string of the molecule is CCN(C(=O)COCC(F)(F)F)c1cccc(O)c1. The number of benzene rings is 1. The number of anilines is 1. The van der Waals surface area contributed by atoms with E-state index in [1.165, 1.54) is 23.1 Å². The van der Waals surface area contributed by atoms with Gasteiger partial charge in [-0.25, -0.2) is 0 Å². The van der Waals surface area contributed by atoms with E-state index in [0.717, 1.165) is 0 Å². The minimum Gasteiger partial charge on any atom is -0.508 e. The predicted molar refractivity (Wildman–Crippen MR) is 63.0 cm³/mol. The molecule has 0 aliphatic heterocycles. The van der Waals surface area contributed by atoms with Crippen molar-refractivity contribution in [3.8, 4) is 5.75 Å². The predicted octanol–water partition coefficient (Wildman–Crippen LogP) is 2.32. The molecule has 4 nitrogen and oxygen atoms in total. The first-order chi connectivity index (χ1) is 8.83. The Labute approximate surface area is 108 Å². The third-order valence-corrected chi connectivity index (χ3v) is 2.25. The highest BCUT2D eigenvalue weighted by molar-refractivity contribution is 5.94. The Hall–Kier alpha value is -1.76. The van der Waals surface area contributed by atoms with Crippen molar-refractivity contribution in [3.05, 3.63) is 24.3 Å². The lowest BCUT2D eigenvalue weighted by Crippen LogP contribution is -2.35. The lowest BCUT2D eigenvalue weighted by Gasteiger charge is -2.21. The van der Waals surface area contributed by atoms with Crippen LogP contribution in [-0.2, 0) is 9.53 Å². The molecule has 106 valence electrons. The van der Waals surface area contributed by atoms with E-state index in [2.05, 4.69) is 4.74 Å². The van der Waals surface area contributed by atoms with E-state index in [-0.39, 0.29) is 12.3 Å². The molecule has 0 fully saturated rings. The highest BCUT2D eigenvalue weighted by Crippen LogP contribution is 2.20. The molecule has 1 amide bonds. The van der Waals surface area contributed by atoms with Crippen molar-refractivity contribution >= 4 is 11.6 Å². The van der Waals surface area contributed by atoms with E-state index in [1.807, 2.05) is 0 Å². The molecule has 1 N–H and O–H groups in total. The first-order valence-electron chi connectivity index (χ1n) is 5.57. The Morgan fingerprint density at radius 1 is 1.42 bits per heavy atom. The number of nitrogens with zero attached hydrogens (tertiary/aromatic N) is 1. The van der Waals surface area contributed by atoms with Gasteiger partial charge < -0.3 is 14.7 Å². The fourth-order valence-electron chi connectivity index (χ4n) is 1.50. The molecule has 0 bridgehead atoms. The molecule has 0 saturated carbocycles. The number of carbonyl (C=O) groups is 1. The van der Waals surface area contributed by atoms with Crippen LogP contribution in [0.4, 0.5) is 18.9 Å². The number of hydrogen-bond acceptors (Lipinski definition) is 3. The minimum atomic E-state index is -4.46. The molecular formula is C12H14F3NO3. The van der Waals surface area contributed by atoms with Crippen LogP contribution in [0.2, 0.25) is 0 Å². The van der Waals surface area contributed by atoms with Gasteiger partial charge in [0.15, 0.2) is 0 Å². The standard InChI is InChI=1S/C12H14F3NO3/c1-2-16(9-4-3-5-10(17)6-9)11(18)7-19-8-12(13,14)15/h3-6,17H,2,7-8H2,1H3. The second kappa shape index (κ2) is 6.42. The molecule has 0 spiro atoms. The topological polar surface area (TPSA) is 49.8 Å². The van der Waals surface area contributed by atoms with E-state index < -0.39 is 25.3 Å². The Balaban J connectivity index is 2.62. The van der Waals surface area contributed by atoms with Crippen LogP contribution < -0.4 is 4.90 Å². The maximum Gasteiger partial charge on any atom is 0.411 e. The van der Waals surface area contributed by atoms with E-state index in [1.54, 1.807) is 13.0 Å². The zero-order chi connectivity index (χ0) is 14.5. The molecule has 1 aromatic carbocycles. The number of aromatic hydroxyl groups is 1. The number of amides is 1. The molecule has 7 heteroatoms. The Kier molecular flexibility index (Phi) is 5.17. The number of phenolic OH excluding ortho intramolecular Hbond substituents is 1. The summed E-state index contributed by atoms with van der Waals surface area (Å²) < 4.78 is 40.0. The van der Waals surface area contributed by atoms with Crippen molar-refractivity contribution in [1.29, 1.82) is 0 Å². The second-order valence-electron chi connectivity index (χ2n) is 3.77. The number of hydrogen-bond donors (Lipinski definition) is 1. The first kappa shape index (κ1) is 15.3. The molecule has 0 radical (unpaired) electrons. The molecule has 0 saturated heterocycles. The maximum absolute atomic E-state index is 11.9. The van der Waals surface area contributed by atoms with E-state index in [4.69, 9.17) is 0 Å². The fraction of sp³-hybridized carbons (Fsp3) is 0.417. The Morgan fingerprint density at radius 3 is 2.63 bits per heavy atom. The molecule has 1 aromatic rings. The van der Waals surface area contributed by atoms with Gasteiger partial charge in [0.05, 0.1) is 0 Å². The highest BCUT2D eigenvalue weighted by Gasteiger charge is 2.28. The van der Waals surface area contributed by atoms with E-state index >= 15 is 0 Å². The highest BCUT2D eigenvalue weighted by atomic mass is 19.4. The number of halogens is 3. The van der Waals surface area contributed by atoms with Crippen molar-refractivity contribution in [3.63, 3.8) is 0 Å². The zero-order valence-electron chi connectivity index (χ0n) is 10.3. The zero-order valence-corrected chi connectivity index (χ0v) is 10.3. The van der Waals surface area contributed by atoms with Crippen molar-refractivity contribution in [1.82, 2.24) is 0 Å². The molecule has 0 unspecified atom stereocenters. The van der Waals surface area contributed by atoms with Crippen LogP contribution in [0.5, 0.6) is 5.75 Å². The molecule has 0 atom stereocenters. The summed E-state index contributed by atoms with van der Waals surface area (Å²) in [6, 6.07) is 5.90. The molecule has 0 aromatic heterocycles. The van der Waals surface area contributed by atoms with Gasteiger partial charge >= 0.3 is 6.18 Å². The molecular weight excluding hydrogens is 263 g/mol. The van der Waals surface area contributed by atoms with Crippen LogP contribution >= 0.6 is 0 Å². The van der Waals surface area contributed by atoms with Crippen molar-refractivity contribution < 1.29 is 27.8 Å². The van der Waals surface area contributed by atoms with Crippen LogP contribution in [0.15, 0.2) is 24.3 Å². The van der Waals surface area contributed by atoms with Gasteiger partial charge in [0.2, 0.25) is 0 Å². The van der Waals surface area contributed by atoms with Gasteiger partial charge in [0.25, 0.3) is 5.91 Å². The normalized spacial score (nSPS) is 11.4. The van der Waals surface area contributed by atoms with Gasteiger partial charge in [-0.3, -0.25) is 4.79 Å². The Morgan fingerprint density at radius 2 is 2.11 bits per heavy atom. The van der Waals surface area contributed by atoms with Gasteiger partial charge in [-0.1, -0.05) is 6.07 Å². The molecule has 0 aliphatic rings.